The summed E-state index contributed by atoms with van der Waals surface area (Å²) in [4.78, 5) is 4.95. The third-order valence-corrected chi connectivity index (χ3v) is 5.55. The second-order valence-corrected chi connectivity index (χ2v) is 8.62. The van der Waals surface area contributed by atoms with Crippen LogP contribution in [0.15, 0.2) is 70.8 Å². The van der Waals surface area contributed by atoms with Crippen LogP contribution in [0.2, 0.25) is 0 Å². The lowest BCUT2D eigenvalue weighted by Gasteiger charge is -2.14. The van der Waals surface area contributed by atoms with Gasteiger partial charge in [0.1, 0.15) is 11.7 Å². The maximum Gasteiger partial charge on any atom is 0.175 e. The van der Waals surface area contributed by atoms with Gasteiger partial charge in [0.25, 0.3) is 0 Å². The van der Waals surface area contributed by atoms with Crippen molar-refractivity contribution in [3.8, 4) is 0 Å². The number of nitrogens with zero attached hydrogens (tertiary/aromatic N) is 1. The Kier molecular flexibility index (Phi) is 6.54. The lowest BCUT2D eigenvalue weighted by atomic mass is 10.1. The summed E-state index contributed by atoms with van der Waals surface area (Å²) in [6.45, 7) is 11.1. The summed E-state index contributed by atoms with van der Waals surface area (Å²) in [7, 11) is -3.37. The molecule has 0 radical (unpaired) electrons. The van der Waals surface area contributed by atoms with Crippen molar-refractivity contribution >= 4 is 15.7 Å². The first-order valence-electron chi connectivity index (χ1n) is 8.62. The van der Waals surface area contributed by atoms with E-state index in [1.165, 1.54) is 18.3 Å². The van der Waals surface area contributed by atoms with Gasteiger partial charge in [0.15, 0.2) is 9.84 Å². The van der Waals surface area contributed by atoms with Crippen LogP contribution in [0.25, 0.3) is 0 Å². The topological polar surface area (TPSA) is 58.5 Å². The van der Waals surface area contributed by atoms with Crippen LogP contribution in [0.3, 0.4) is 0 Å². The molecule has 4 nitrogen and oxygen atoms in total. The van der Waals surface area contributed by atoms with Crippen LogP contribution in [0.5, 0.6) is 0 Å². The first-order chi connectivity index (χ1) is 12.7. The molecule has 0 spiro atoms. The van der Waals surface area contributed by atoms with Gasteiger partial charge in [-0.2, -0.15) is 0 Å². The number of sulfone groups is 1. The van der Waals surface area contributed by atoms with Crippen molar-refractivity contribution in [2.45, 2.75) is 32.7 Å². The van der Waals surface area contributed by atoms with E-state index >= 15 is 0 Å². The predicted octanol–water partition coefficient (Wildman–Crippen LogP) is 3.88. The van der Waals surface area contributed by atoms with E-state index in [9.17, 15) is 12.8 Å². The van der Waals surface area contributed by atoms with E-state index in [-0.39, 0.29) is 16.8 Å². The Hall–Kier alpha value is -2.47. The molecule has 0 aromatic heterocycles. The molecular weight excluding hydrogens is 363 g/mol. The van der Waals surface area contributed by atoms with Gasteiger partial charge in [-0.25, -0.2) is 12.8 Å². The zero-order valence-corrected chi connectivity index (χ0v) is 16.7. The van der Waals surface area contributed by atoms with Gasteiger partial charge >= 0.3 is 0 Å². The Balaban J connectivity index is 2.43. The van der Waals surface area contributed by atoms with Crippen LogP contribution in [0.1, 0.15) is 25.0 Å². The van der Waals surface area contributed by atoms with E-state index in [0.717, 1.165) is 17.4 Å². The molecule has 0 saturated carbocycles. The van der Waals surface area contributed by atoms with Crippen molar-refractivity contribution in [2.24, 2.45) is 4.99 Å². The van der Waals surface area contributed by atoms with Crippen LogP contribution < -0.4 is 5.32 Å². The summed E-state index contributed by atoms with van der Waals surface area (Å²) in [5.41, 5.74) is 3.30. The van der Waals surface area contributed by atoms with E-state index in [1.807, 2.05) is 0 Å². The Bertz CT molecular complexity index is 956. The quantitative estimate of drug-likeness (QED) is 0.457. The summed E-state index contributed by atoms with van der Waals surface area (Å²) in [5.74, 6) is 0.245. The summed E-state index contributed by atoms with van der Waals surface area (Å²) in [6, 6.07) is 4.72. The molecular formula is C21H25FN2O2S. The lowest BCUT2D eigenvalue weighted by molar-refractivity contribution is 0.608. The molecule has 6 heteroatoms. The Labute approximate surface area is 160 Å². The van der Waals surface area contributed by atoms with Gasteiger partial charge < -0.3 is 5.32 Å². The summed E-state index contributed by atoms with van der Waals surface area (Å²) in [5, 5.41) is 3.00. The highest BCUT2D eigenvalue weighted by atomic mass is 32.2. The fraction of sp³-hybridized carbons (Fsp3) is 0.286. The predicted molar refractivity (Wildman–Crippen MR) is 110 cm³/mol. The van der Waals surface area contributed by atoms with Crippen LogP contribution >= 0.6 is 0 Å². The van der Waals surface area contributed by atoms with Gasteiger partial charge in [0, 0.05) is 11.8 Å². The van der Waals surface area contributed by atoms with E-state index < -0.39 is 9.84 Å². The average Bonchev–Trinajstić information content (AvgIpc) is 2.95. The van der Waals surface area contributed by atoms with E-state index in [2.05, 4.69) is 18.5 Å². The molecule has 0 saturated heterocycles. The van der Waals surface area contributed by atoms with E-state index in [1.54, 1.807) is 32.1 Å². The monoisotopic (exact) mass is 388 g/mol. The zero-order chi connectivity index (χ0) is 20.2. The summed E-state index contributed by atoms with van der Waals surface area (Å²) < 4.78 is 37.4. The molecule has 0 fully saturated rings. The fourth-order valence-electron chi connectivity index (χ4n) is 3.06. The maximum absolute atomic E-state index is 13.5. The Morgan fingerprint density at radius 1 is 1.33 bits per heavy atom. The number of rotatable bonds is 6. The molecule has 0 bridgehead atoms. The first-order valence-corrected chi connectivity index (χ1v) is 10.5. The standard InChI is InChI=1S/C21H25FN2O2S/c1-6-19(27(5,25)26)13-20(14(3)4)21(23-7-2)24-18-11-15-8-9-17(22)10-16(15)12-18/h6-10,13,18H,2-3,11-12H2,1,4-5H3,(H,23,24)/b19-6+,20-13+. The Morgan fingerprint density at radius 2 is 2.00 bits per heavy atom. The van der Waals surface area contributed by atoms with Crippen LogP contribution in [-0.4, -0.2) is 26.6 Å². The van der Waals surface area contributed by atoms with E-state index in [0.29, 0.717) is 29.8 Å². The molecule has 0 heterocycles. The van der Waals surface area contributed by atoms with Crippen molar-refractivity contribution < 1.29 is 12.8 Å². The minimum absolute atomic E-state index is 0.0701. The first kappa shape index (κ1) is 20.8. The molecule has 1 N–H and O–H groups in total. The van der Waals surface area contributed by atoms with Gasteiger partial charge in [0.05, 0.1) is 10.9 Å². The summed E-state index contributed by atoms with van der Waals surface area (Å²) >= 11 is 0. The molecule has 0 amide bonds. The second kappa shape index (κ2) is 8.48. The fourth-order valence-corrected chi connectivity index (χ4v) is 3.82. The molecule has 1 unspecified atom stereocenters. The third-order valence-electron chi connectivity index (χ3n) is 4.34. The molecule has 144 valence electrons. The number of fused-ring (bicyclic) bond motifs is 1. The minimum Gasteiger partial charge on any atom is -0.347 e. The maximum atomic E-state index is 13.5. The highest BCUT2D eigenvalue weighted by Gasteiger charge is 2.23. The largest absolute Gasteiger partial charge is 0.347 e. The van der Waals surface area contributed by atoms with Crippen LogP contribution in [-0.2, 0) is 22.7 Å². The minimum atomic E-state index is -3.37. The zero-order valence-electron chi connectivity index (χ0n) is 15.9. The highest BCUT2D eigenvalue weighted by Crippen LogP contribution is 2.26. The van der Waals surface area contributed by atoms with E-state index in [4.69, 9.17) is 4.99 Å². The molecule has 1 aliphatic carbocycles. The smallest absolute Gasteiger partial charge is 0.175 e. The molecule has 0 aliphatic heterocycles. The van der Waals surface area contributed by atoms with Crippen molar-refractivity contribution in [3.05, 3.63) is 82.7 Å². The van der Waals surface area contributed by atoms with Crippen molar-refractivity contribution in [2.75, 3.05) is 6.26 Å². The molecule has 1 aromatic rings. The third kappa shape index (κ3) is 5.26. The van der Waals surface area contributed by atoms with Gasteiger partial charge in [-0.1, -0.05) is 25.3 Å². The molecule has 1 aromatic carbocycles. The van der Waals surface area contributed by atoms with Gasteiger partial charge in [-0.3, -0.25) is 4.99 Å². The second-order valence-electron chi connectivity index (χ2n) is 6.60. The molecule has 27 heavy (non-hydrogen) atoms. The van der Waals surface area contributed by atoms with Crippen molar-refractivity contribution in [3.63, 3.8) is 0 Å². The van der Waals surface area contributed by atoms with Crippen LogP contribution in [0.4, 0.5) is 4.39 Å². The number of hydrogen-bond donors (Lipinski definition) is 1. The molecule has 2 rings (SSSR count). The van der Waals surface area contributed by atoms with Gasteiger partial charge in [0.2, 0.25) is 0 Å². The number of amidine groups is 1. The number of benzene rings is 1. The number of hydrogen-bond acceptors (Lipinski definition) is 3. The average molecular weight is 389 g/mol. The SMILES string of the molecule is C=CNC(=NC1Cc2ccc(F)cc2C1)/C(=C/C(=C\C)S(C)(=O)=O)C(=C)C. The lowest BCUT2D eigenvalue weighted by Crippen LogP contribution is -2.24. The number of halogens is 1. The normalized spacial score (nSPS) is 18.2. The van der Waals surface area contributed by atoms with Crippen molar-refractivity contribution in [1.29, 1.82) is 0 Å². The number of aliphatic imine (C=N–C) groups is 1. The van der Waals surface area contributed by atoms with Gasteiger partial charge in [-0.05, 0) is 67.8 Å². The Morgan fingerprint density at radius 3 is 2.56 bits per heavy atom. The molecule has 1 atom stereocenters. The molecule has 1 aliphatic rings. The highest BCUT2D eigenvalue weighted by molar-refractivity contribution is 7.94. The van der Waals surface area contributed by atoms with Crippen LogP contribution in [0, 0.1) is 5.82 Å². The number of allylic oxidation sites excluding steroid dienone is 2. The van der Waals surface area contributed by atoms with Crippen molar-refractivity contribution in [1.82, 2.24) is 5.32 Å². The summed E-state index contributed by atoms with van der Waals surface area (Å²) in [6.07, 6.45) is 7.08. The van der Waals surface area contributed by atoms with Gasteiger partial charge in [-0.15, -0.1) is 0 Å². The number of nitrogens with one attached hydrogen (secondary N) is 1.